The summed E-state index contributed by atoms with van der Waals surface area (Å²) in [5.41, 5.74) is 0.868. The molecule has 1 N–H and O–H groups in total. The molecule has 0 aliphatic rings. The number of nitrogens with zero attached hydrogens (tertiary/aromatic N) is 2. The molecule has 1 heterocycles. The monoisotopic (exact) mass is 287 g/mol. The second-order valence-corrected chi connectivity index (χ2v) is 4.96. The van der Waals surface area contributed by atoms with Crippen molar-refractivity contribution >= 4 is 11.7 Å². The second kappa shape index (κ2) is 6.92. The fraction of sp³-hybridized carbons (Fsp3) is 0.375. The summed E-state index contributed by atoms with van der Waals surface area (Å²) in [6, 6.07) is 9.59. The van der Waals surface area contributed by atoms with Gasteiger partial charge in [0.15, 0.2) is 0 Å². The predicted octanol–water partition coefficient (Wildman–Crippen LogP) is 3.04. The lowest BCUT2D eigenvalue weighted by molar-refractivity contribution is -0.115. The molecule has 1 amide bonds. The van der Waals surface area contributed by atoms with Crippen LogP contribution in [0.3, 0.4) is 0 Å². The summed E-state index contributed by atoms with van der Waals surface area (Å²) in [6.45, 7) is 4.16. The number of carbonyl (C=O) groups excluding carboxylic acids is 1. The Morgan fingerprint density at radius 2 is 2.14 bits per heavy atom. The van der Waals surface area contributed by atoms with Crippen molar-refractivity contribution in [1.82, 2.24) is 9.78 Å². The molecule has 0 spiro atoms. The highest BCUT2D eigenvalue weighted by atomic mass is 16.5. The highest BCUT2D eigenvalue weighted by molar-refractivity contribution is 5.91. The van der Waals surface area contributed by atoms with Crippen LogP contribution in [0.4, 0.5) is 5.82 Å². The number of para-hydroxylation sites is 1. The molecule has 0 aliphatic heterocycles. The summed E-state index contributed by atoms with van der Waals surface area (Å²) >= 11 is 0. The van der Waals surface area contributed by atoms with Gasteiger partial charge in [0, 0.05) is 11.6 Å². The fourth-order valence-electron chi connectivity index (χ4n) is 2.15. The van der Waals surface area contributed by atoms with Crippen molar-refractivity contribution < 1.29 is 9.53 Å². The lowest BCUT2D eigenvalue weighted by Gasteiger charge is -2.14. The van der Waals surface area contributed by atoms with E-state index in [-0.39, 0.29) is 18.4 Å². The van der Waals surface area contributed by atoms with Crippen LogP contribution in [0.2, 0.25) is 0 Å². The number of nitrogens with one attached hydrogen (secondary N) is 1. The number of aromatic nitrogens is 2. The van der Waals surface area contributed by atoms with Crippen molar-refractivity contribution in [3.8, 4) is 5.75 Å². The lowest BCUT2D eigenvalue weighted by atomic mass is 10.1. The Hall–Kier alpha value is -2.30. The third kappa shape index (κ3) is 3.62. The van der Waals surface area contributed by atoms with Gasteiger partial charge in [-0.2, -0.15) is 5.10 Å². The number of rotatable bonds is 6. The Morgan fingerprint density at radius 3 is 2.86 bits per heavy atom. The van der Waals surface area contributed by atoms with Gasteiger partial charge in [-0.15, -0.1) is 0 Å². The zero-order valence-electron chi connectivity index (χ0n) is 12.7. The minimum absolute atomic E-state index is 0.0791. The van der Waals surface area contributed by atoms with Crippen LogP contribution in [-0.4, -0.2) is 22.8 Å². The Bertz CT molecular complexity index is 607. The standard InChI is InChI=1S/C16H21N3O2/c1-4-12(2)19-15(9-10-17-19)18-16(20)11-13-7-5-6-8-14(13)21-3/h5-10,12H,4,11H2,1-3H3,(H,18,20). The molecule has 0 aliphatic carbocycles. The lowest BCUT2D eigenvalue weighted by Crippen LogP contribution is -2.19. The Kier molecular flexibility index (Phi) is 4.98. The van der Waals surface area contributed by atoms with Gasteiger partial charge in [-0.1, -0.05) is 25.1 Å². The van der Waals surface area contributed by atoms with E-state index in [1.165, 1.54) is 0 Å². The zero-order valence-corrected chi connectivity index (χ0v) is 12.7. The highest BCUT2D eigenvalue weighted by Gasteiger charge is 2.13. The summed E-state index contributed by atoms with van der Waals surface area (Å²) < 4.78 is 7.10. The molecule has 21 heavy (non-hydrogen) atoms. The van der Waals surface area contributed by atoms with Gasteiger partial charge in [0.2, 0.25) is 5.91 Å². The molecule has 1 unspecified atom stereocenters. The van der Waals surface area contributed by atoms with Gasteiger partial charge in [0.05, 0.1) is 25.8 Å². The molecule has 0 fully saturated rings. The van der Waals surface area contributed by atoms with E-state index >= 15 is 0 Å². The summed E-state index contributed by atoms with van der Waals surface area (Å²) in [7, 11) is 1.61. The van der Waals surface area contributed by atoms with Crippen molar-refractivity contribution in [2.75, 3.05) is 12.4 Å². The molecule has 0 saturated heterocycles. The molecular weight excluding hydrogens is 266 g/mol. The Balaban J connectivity index is 2.07. The van der Waals surface area contributed by atoms with Crippen molar-refractivity contribution in [2.45, 2.75) is 32.7 Å². The van der Waals surface area contributed by atoms with Gasteiger partial charge < -0.3 is 10.1 Å². The number of hydrogen-bond donors (Lipinski definition) is 1. The molecule has 112 valence electrons. The van der Waals surface area contributed by atoms with E-state index in [0.29, 0.717) is 0 Å². The van der Waals surface area contributed by atoms with Gasteiger partial charge >= 0.3 is 0 Å². The molecule has 1 aromatic carbocycles. The number of benzene rings is 1. The maximum atomic E-state index is 12.2. The molecule has 1 atom stereocenters. The molecule has 5 heteroatoms. The third-order valence-corrected chi connectivity index (χ3v) is 3.49. The largest absolute Gasteiger partial charge is 0.496 e. The first kappa shape index (κ1) is 15.1. The molecule has 1 aromatic heterocycles. The van der Waals surface area contributed by atoms with E-state index in [1.54, 1.807) is 13.3 Å². The quantitative estimate of drug-likeness (QED) is 0.888. The van der Waals surface area contributed by atoms with Crippen LogP contribution in [0.1, 0.15) is 31.9 Å². The highest BCUT2D eigenvalue weighted by Crippen LogP contribution is 2.20. The van der Waals surface area contributed by atoms with Crippen LogP contribution in [0, 0.1) is 0 Å². The number of amides is 1. The molecular formula is C16H21N3O2. The third-order valence-electron chi connectivity index (χ3n) is 3.49. The second-order valence-electron chi connectivity index (χ2n) is 4.96. The first-order chi connectivity index (χ1) is 10.2. The van der Waals surface area contributed by atoms with Crippen LogP contribution in [0.5, 0.6) is 5.75 Å². The van der Waals surface area contributed by atoms with Gasteiger partial charge in [-0.25, -0.2) is 4.68 Å². The number of carbonyl (C=O) groups is 1. The fourth-order valence-corrected chi connectivity index (χ4v) is 2.15. The summed E-state index contributed by atoms with van der Waals surface area (Å²) in [6.07, 6.45) is 2.93. The van der Waals surface area contributed by atoms with Gasteiger partial charge in [-0.05, 0) is 19.4 Å². The molecule has 2 aromatic rings. The van der Waals surface area contributed by atoms with Crippen molar-refractivity contribution in [3.63, 3.8) is 0 Å². The van der Waals surface area contributed by atoms with Gasteiger partial charge in [0.25, 0.3) is 0 Å². The van der Waals surface area contributed by atoms with Gasteiger partial charge in [-0.3, -0.25) is 4.79 Å². The van der Waals surface area contributed by atoms with Crippen molar-refractivity contribution in [1.29, 1.82) is 0 Å². The van der Waals surface area contributed by atoms with Gasteiger partial charge in [0.1, 0.15) is 11.6 Å². The van der Waals surface area contributed by atoms with E-state index in [1.807, 2.05) is 35.0 Å². The smallest absolute Gasteiger partial charge is 0.230 e. The number of ether oxygens (including phenoxy) is 1. The SMILES string of the molecule is CCC(C)n1nccc1NC(=O)Cc1ccccc1OC. The van der Waals surface area contributed by atoms with Crippen molar-refractivity contribution in [2.24, 2.45) is 0 Å². The molecule has 5 nitrogen and oxygen atoms in total. The van der Waals surface area contributed by atoms with E-state index in [0.717, 1.165) is 23.6 Å². The Morgan fingerprint density at radius 1 is 1.38 bits per heavy atom. The minimum Gasteiger partial charge on any atom is -0.496 e. The number of methoxy groups -OCH3 is 1. The minimum atomic E-state index is -0.0791. The normalized spacial score (nSPS) is 12.0. The topological polar surface area (TPSA) is 56.2 Å². The van der Waals surface area contributed by atoms with E-state index in [4.69, 9.17) is 4.74 Å². The maximum Gasteiger partial charge on any atom is 0.230 e. The average Bonchev–Trinajstić information content (AvgIpc) is 2.95. The molecule has 0 radical (unpaired) electrons. The van der Waals surface area contributed by atoms with Crippen LogP contribution in [-0.2, 0) is 11.2 Å². The predicted molar refractivity (Wildman–Crippen MR) is 82.6 cm³/mol. The van der Waals surface area contributed by atoms with E-state index < -0.39 is 0 Å². The summed E-state index contributed by atoms with van der Waals surface area (Å²) in [5, 5.41) is 7.17. The van der Waals surface area contributed by atoms with Crippen LogP contribution < -0.4 is 10.1 Å². The molecule has 0 saturated carbocycles. The molecule has 0 bridgehead atoms. The Labute approximate surface area is 124 Å². The van der Waals surface area contributed by atoms with Crippen LogP contribution in [0.25, 0.3) is 0 Å². The van der Waals surface area contributed by atoms with E-state index in [2.05, 4.69) is 24.3 Å². The van der Waals surface area contributed by atoms with Crippen LogP contribution >= 0.6 is 0 Å². The first-order valence-corrected chi connectivity index (χ1v) is 7.11. The number of anilines is 1. The number of hydrogen-bond acceptors (Lipinski definition) is 3. The molecule has 2 rings (SSSR count). The van der Waals surface area contributed by atoms with Crippen LogP contribution in [0.15, 0.2) is 36.5 Å². The summed E-state index contributed by atoms with van der Waals surface area (Å²) in [4.78, 5) is 12.2. The maximum absolute atomic E-state index is 12.2. The summed E-state index contributed by atoms with van der Waals surface area (Å²) in [5.74, 6) is 1.37. The van der Waals surface area contributed by atoms with E-state index in [9.17, 15) is 4.79 Å². The zero-order chi connectivity index (χ0) is 15.2. The first-order valence-electron chi connectivity index (χ1n) is 7.11. The van der Waals surface area contributed by atoms with Crippen molar-refractivity contribution in [3.05, 3.63) is 42.1 Å². The average molecular weight is 287 g/mol.